The minimum Gasteiger partial charge on any atom is -0.490 e. The summed E-state index contributed by atoms with van der Waals surface area (Å²) >= 11 is 12.2. The number of likely N-dealkylation sites (tertiary alicyclic amines) is 1. The molecule has 0 spiro atoms. The summed E-state index contributed by atoms with van der Waals surface area (Å²) in [5.74, 6) is -1.72. The second-order valence-corrected chi connectivity index (χ2v) is 12.2. The minimum absolute atomic E-state index is 0.0337. The van der Waals surface area contributed by atoms with Gasteiger partial charge in [0, 0.05) is 25.2 Å². The molecule has 4 rings (SSSR count). The number of rotatable bonds is 8. The Balaban J connectivity index is 1.41. The van der Waals surface area contributed by atoms with E-state index in [1.807, 2.05) is 19.1 Å². The summed E-state index contributed by atoms with van der Waals surface area (Å²) in [6.07, 6.45) is 2.97. The summed E-state index contributed by atoms with van der Waals surface area (Å²) in [4.78, 5) is 14.4. The molecule has 0 bridgehead atoms. The van der Waals surface area contributed by atoms with Crippen LogP contribution in [0.5, 0.6) is 5.75 Å². The number of amides is 1. The summed E-state index contributed by atoms with van der Waals surface area (Å²) < 4.78 is 60.7. The van der Waals surface area contributed by atoms with E-state index in [2.05, 4.69) is 4.90 Å². The monoisotopic (exact) mass is 560 g/mol. The summed E-state index contributed by atoms with van der Waals surface area (Å²) in [5, 5.41) is 0.960. The number of sulfonamides is 1. The Labute approximate surface area is 220 Å². The van der Waals surface area contributed by atoms with Crippen molar-refractivity contribution in [3.8, 4) is 5.75 Å². The highest BCUT2D eigenvalue weighted by molar-refractivity contribution is 7.89. The maximum atomic E-state index is 15.6. The third-order valence-electron chi connectivity index (χ3n) is 6.79. The molecule has 1 aliphatic carbocycles. The molecule has 11 heteroatoms. The number of carbonyl (C=O) groups excluding carboxylic acids is 1. The van der Waals surface area contributed by atoms with Crippen LogP contribution in [0.3, 0.4) is 0 Å². The van der Waals surface area contributed by atoms with Crippen LogP contribution in [0, 0.1) is 5.82 Å². The molecular formula is C25H28Cl2F2N2O4S. The van der Waals surface area contributed by atoms with E-state index in [1.165, 1.54) is 6.07 Å². The van der Waals surface area contributed by atoms with Gasteiger partial charge in [-0.3, -0.25) is 9.69 Å². The largest absolute Gasteiger partial charge is 0.490 e. The number of carbonyl (C=O) groups is 1. The maximum Gasteiger partial charge on any atom is 0.267 e. The van der Waals surface area contributed by atoms with Gasteiger partial charge in [0.25, 0.3) is 5.91 Å². The van der Waals surface area contributed by atoms with Crippen molar-refractivity contribution in [1.82, 2.24) is 9.62 Å². The second-order valence-electron chi connectivity index (χ2n) is 9.67. The van der Waals surface area contributed by atoms with Crippen LogP contribution in [0.2, 0.25) is 10.0 Å². The zero-order chi connectivity index (χ0) is 26.3. The molecule has 1 atom stereocenters. The molecule has 6 nitrogen and oxygen atoms in total. The predicted octanol–water partition coefficient (Wildman–Crippen LogP) is 5.64. The summed E-state index contributed by atoms with van der Waals surface area (Å²) in [6.45, 7) is 2.81. The smallest absolute Gasteiger partial charge is 0.267 e. The zero-order valence-corrected chi connectivity index (χ0v) is 22.3. The number of ether oxygens (including phenoxy) is 1. The fraction of sp³-hybridized carbons (Fsp3) is 0.480. The first-order chi connectivity index (χ1) is 16.8. The van der Waals surface area contributed by atoms with Crippen molar-refractivity contribution in [1.29, 1.82) is 0 Å². The Kier molecular flexibility index (Phi) is 7.86. The van der Waals surface area contributed by atoms with E-state index in [0.29, 0.717) is 28.7 Å². The number of nitrogens with zero attached hydrogens (tertiary/aromatic N) is 1. The van der Waals surface area contributed by atoms with Crippen LogP contribution in [-0.4, -0.2) is 50.8 Å². The molecule has 1 amide bonds. The fourth-order valence-electron chi connectivity index (χ4n) is 4.45. The molecule has 2 aromatic carbocycles. The van der Waals surface area contributed by atoms with Crippen LogP contribution in [0.1, 0.15) is 66.1 Å². The average molecular weight is 561 g/mol. The highest BCUT2D eigenvalue weighted by atomic mass is 35.5. The summed E-state index contributed by atoms with van der Waals surface area (Å²) in [7, 11) is -3.84. The normalized spacial score (nSPS) is 19.1. The van der Waals surface area contributed by atoms with Crippen LogP contribution < -0.4 is 9.46 Å². The third-order valence-corrected chi connectivity index (χ3v) is 8.09. The van der Waals surface area contributed by atoms with Crippen molar-refractivity contribution >= 4 is 39.1 Å². The number of hydrogen-bond acceptors (Lipinski definition) is 5. The number of piperidine rings is 1. The van der Waals surface area contributed by atoms with Gasteiger partial charge in [-0.25, -0.2) is 21.9 Å². The van der Waals surface area contributed by atoms with Crippen molar-refractivity contribution in [2.24, 2.45) is 0 Å². The minimum atomic E-state index is -3.84. The lowest BCUT2D eigenvalue weighted by molar-refractivity contribution is 0.00614. The van der Waals surface area contributed by atoms with Gasteiger partial charge < -0.3 is 4.74 Å². The van der Waals surface area contributed by atoms with Crippen LogP contribution in [0.15, 0.2) is 30.3 Å². The molecule has 36 heavy (non-hydrogen) atoms. The van der Waals surface area contributed by atoms with Crippen molar-refractivity contribution in [2.75, 3.05) is 26.0 Å². The van der Waals surface area contributed by atoms with Gasteiger partial charge >= 0.3 is 0 Å². The van der Waals surface area contributed by atoms with Crippen LogP contribution in [0.25, 0.3) is 0 Å². The number of nitrogens with one attached hydrogen (secondary N) is 1. The van der Waals surface area contributed by atoms with Crippen LogP contribution in [-0.2, 0) is 10.0 Å². The van der Waals surface area contributed by atoms with Gasteiger partial charge in [0.05, 0.1) is 21.9 Å². The molecule has 2 aliphatic rings. The van der Waals surface area contributed by atoms with E-state index >= 15 is 4.39 Å². The SMILES string of the molecule is C[C@H](c1ccc(Cl)c(Cl)c1)N1CCC(F)(COc2cc(F)c(C(=O)NS(C)(=O)=O)cc2C2CC2)CC1. The Hall–Kier alpha value is -1.94. The standard InChI is InChI=1S/C25H28Cl2F2N2O4S/c1-15(17-5-6-20(26)21(27)11-17)31-9-7-25(29,8-10-31)14-35-23-13-22(28)19(12-18(23)16-3-4-16)24(32)30-36(2,33)34/h5-6,11-13,15-16H,3-4,7-10,14H2,1-2H3,(H,30,32)/t15-/m1/s1. The molecular weight excluding hydrogens is 533 g/mol. The van der Waals surface area contributed by atoms with Crippen molar-refractivity contribution < 1.29 is 26.7 Å². The van der Waals surface area contributed by atoms with Gasteiger partial charge in [-0.05, 0) is 67.9 Å². The van der Waals surface area contributed by atoms with Gasteiger partial charge in [0.1, 0.15) is 23.8 Å². The van der Waals surface area contributed by atoms with E-state index in [0.717, 1.165) is 30.7 Å². The van der Waals surface area contributed by atoms with Crippen molar-refractivity contribution in [3.05, 3.63) is 62.9 Å². The topological polar surface area (TPSA) is 75.7 Å². The molecule has 1 heterocycles. The highest BCUT2D eigenvalue weighted by Gasteiger charge is 2.38. The predicted molar refractivity (Wildman–Crippen MR) is 136 cm³/mol. The van der Waals surface area contributed by atoms with Gasteiger partial charge in [0.2, 0.25) is 10.0 Å². The molecule has 196 valence electrons. The van der Waals surface area contributed by atoms with Crippen molar-refractivity contribution in [2.45, 2.75) is 50.2 Å². The molecule has 0 unspecified atom stereocenters. The Morgan fingerprint density at radius 3 is 2.44 bits per heavy atom. The van der Waals surface area contributed by atoms with E-state index in [4.69, 9.17) is 27.9 Å². The van der Waals surface area contributed by atoms with Gasteiger partial charge in [-0.15, -0.1) is 0 Å². The Morgan fingerprint density at radius 2 is 1.86 bits per heavy atom. The molecule has 1 N–H and O–H groups in total. The molecule has 2 fully saturated rings. The lowest BCUT2D eigenvalue weighted by atomic mass is 9.92. The molecule has 1 saturated heterocycles. The third kappa shape index (κ3) is 6.49. The molecule has 0 aromatic heterocycles. The lowest BCUT2D eigenvalue weighted by Crippen LogP contribution is -2.45. The fourth-order valence-corrected chi connectivity index (χ4v) is 5.21. The van der Waals surface area contributed by atoms with E-state index < -0.39 is 27.4 Å². The molecule has 1 saturated carbocycles. The van der Waals surface area contributed by atoms with E-state index in [-0.39, 0.29) is 42.7 Å². The second kappa shape index (κ2) is 10.4. The first-order valence-electron chi connectivity index (χ1n) is 11.7. The average Bonchev–Trinajstić information content (AvgIpc) is 3.64. The summed E-state index contributed by atoms with van der Waals surface area (Å²) in [6, 6.07) is 7.88. The molecule has 0 radical (unpaired) electrons. The van der Waals surface area contributed by atoms with Gasteiger partial charge in [-0.2, -0.15) is 0 Å². The first-order valence-corrected chi connectivity index (χ1v) is 14.4. The van der Waals surface area contributed by atoms with Crippen molar-refractivity contribution in [3.63, 3.8) is 0 Å². The Bertz CT molecular complexity index is 1260. The van der Waals surface area contributed by atoms with Gasteiger partial charge in [0.15, 0.2) is 0 Å². The summed E-state index contributed by atoms with van der Waals surface area (Å²) in [5.41, 5.74) is -0.382. The van der Waals surface area contributed by atoms with E-state index in [9.17, 15) is 17.6 Å². The lowest BCUT2D eigenvalue weighted by Gasteiger charge is -2.39. The van der Waals surface area contributed by atoms with Gasteiger partial charge in [-0.1, -0.05) is 29.3 Å². The Morgan fingerprint density at radius 1 is 1.19 bits per heavy atom. The highest BCUT2D eigenvalue weighted by Crippen LogP contribution is 2.45. The molecule has 2 aromatic rings. The first kappa shape index (κ1) is 27.1. The zero-order valence-electron chi connectivity index (χ0n) is 20.0. The number of hydrogen-bond donors (Lipinski definition) is 1. The number of alkyl halides is 1. The van der Waals surface area contributed by atoms with Crippen LogP contribution in [0.4, 0.5) is 8.78 Å². The maximum absolute atomic E-state index is 15.6. The quantitative estimate of drug-likeness (QED) is 0.452. The number of benzene rings is 2. The number of halogens is 4. The van der Waals surface area contributed by atoms with E-state index in [1.54, 1.807) is 10.8 Å². The van der Waals surface area contributed by atoms with Crippen LogP contribution >= 0.6 is 23.2 Å². The molecule has 1 aliphatic heterocycles.